The van der Waals surface area contributed by atoms with Crippen LogP contribution in [0.1, 0.15) is 20.3 Å². The average molecular weight is 238 g/mol. The van der Waals surface area contributed by atoms with E-state index in [2.05, 4.69) is 15.6 Å². The standard InChI is InChI=1S/C11H18N4O2/c1-3-5-12-9(16)8-14-10-11(17)15(4-2)7-6-13-10/h6-7H,3-5,8H2,1-2H3,(H,12,16)(H,13,14). The lowest BCUT2D eigenvalue weighted by Gasteiger charge is -2.07. The molecule has 6 nitrogen and oxygen atoms in total. The summed E-state index contributed by atoms with van der Waals surface area (Å²) >= 11 is 0. The minimum absolute atomic E-state index is 0.0654. The van der Waals surface area contributed by atoms with Crippen molar-refractivity contribution in [3.8, 4) is 0 Å². The van der Waals surface area contributed by atoms with E-state index in [0.717, 1.165) is 6.42 Å². The maximum absolute atomic E-state index is 11.7. The molecule has 0 saturated heterocycles. The third-order valence-electron chi connectivity index (χ3n) is 2.24. The minimum Gasteiger partial charge on any atom is -0.356 e. The van der Waals surface area contributed by atoms with Crippen LogP contribution in [-0.4, -0.2) is 28.5 Å². The fourth-order valence-corrected chi connectivity index (χ4v) is 1.31. The molecule has 0 spiro atoms. The summed E-state index contributed by atoms with van der Waals surface area (Å²) in [5.41, 5.74) is -0.210. The maximum Gasteiger partial charge on any atom is 0.293 e. The number of nitrogens with one attached hydrogen (secondary N) is 2. The summed E-state index contributed by atoms with van der Waals surface area (Å²) in [6.07, 6.45) is 4.04. The number of carbonyl (C=O) groups excluding carboxylic acids is 1. The second kappa shape index (κ2) is 6.67. The predicted molar refractivity (Wildman–Crippen MR) is 66.0 cm³/mol. The van der Waals surface area contributed by atoms with Crippen LogP contribution in [0.5, 0.6) is 0 Å². The van der Waals surface area contributed by atoms with Crippen molar-refractivity contribution in [2.45, 2.75) is 26.8 Å². The Bertz CT molecular complexity index is 428. The molecule has 0 radical (unpaired) electrons. The quantitative estimate of drug-likeness (QED) is 0.742. The molecule has 1 amide bonds. The number of carbonyl (C=O) groups is 1. The lowest BCUT2D eigenvalue weighted by Crippen LogP contribution is -2.33. The van der Waals surface area contributed by atoms with Gasteiger partial charge in [0.25, 0.3) is 5.56 Å². The Morgan fingerprint density at radius 3 is 2.88 bits per heavy atom. The Hall–Kier alpha value is -1.85. The fraction of sp³-hybridized carbons (Fsp3) is 0.545. The fourth-order valence-electron chi connectivity index (χ4n) is 1.31. The van der Waals surface area contributed by atoms with Gasteiger partial charge in [0.1, 0.15) is 0 Å². The molecule has 0 aliphatic rings. The van der Waals surface area contributed by atoms with Crippen molar-refractivity contribution >= 4 is 11.7 Å². The number of amides is 1. The molecule has 17 heavy (non-hydrogen) atoms. The number of hydrogen-bond donors (Lipinski definition) is 2. The number of rotatable bonds is 6. The Morgan fingerprint density at radius 1 is 1.47 bits per heavy atom. The minimum atomic E-state index is -0.210. The second-order valence-electron chi connectivity index (χ2n) is 3.57. The monoisotopic (exact) mass is 238 g/mol. The third kappa shape index (κ3) is 3.90. The highest BCUT2D eigenvalue weighted by molar-refractivity contribution is 5.80. The van der Waals surface area contributed by atoms with Crippen molar-refractivity contribution in [2.24, 2.45) is 0 Å². The van der Waals surface area contributed by atoms with Crippen LogP contribution in [0.4, 0.5) is 5.82 Å². The summed E-state index contributed by atoms with van der Waals surface area (Å²) < 4.78 is 1.53. The summed E-state index contributed by atoms with van der Waals surface area (Å²) in [6.45, 7) is 5.14. The van der Waals surface area contributed by atoms with E-state index < -0.39 is 0 Å². The molecule has 1 aromatic heterocycles. The van der Waals surface area contributed by atoms with Crippen LogP contribution in [0.2, 0.25) is 0 Å². The van der Waals surface area contributed by atoms with E-state index in [-0.39, 0.29) is 23.8 Å². The van der Waals surface area contributed by atoms with Crippen molar-refractivity contribution < 1.29 is 4.79 Å². The molecule has 0 aromatic carbocycles. The first kappa shape index (κ1) is 13.2. The number of hydrogen-bond acceptors (Lipinski definition) is 4. The van der Waals surface area contributed by atoms with Gasteiger partial charge in [-0.15, -0.1) is 0 Å². The molecule has 2 N–H and O–H groups in total. The van der Waals surface area contributed by atoms with Crippen molar-refractivity contribution in [3.05, 3.63) is 22.7 Å². The van der Waals surface area contributed by atoms with Gasteiger partial charge in [-0.25, -0.2) is 4.98 Å². The second-order valence-corrected chi connectivity index (χ2v) is 3.57. The van der Waals surface area contributed by atoms with Crippen molar-refractivity contribution in [2.75, 3.05) is 18.4 Å². The first-order valence-electron chi connectivity index (χ1n) is 5.75. The van der Waals surface area contributed by atoms with Gasteiger partial charge in [-0.1, -0.05) is 6.92 Å². The molecule has 1 rings (SSSR count). The zero-order chi connectivity index (χ0) is 12.7. The van der Waals surface area contributed by atoms with Gasteiger partial charge >= 0.3 is 0 Å². The summed E-state index contributed by atoms with van der Waals surface area (Å²) in [5.74, 6) is 0.0703. The van der Waals surface area contributed by atoms with E-state index in [9.17, 15) is 9.59 Å². The van der Waals surface area contributed by atoms with Crippen LogP contribution < -0.4 is 16.2 Å². The first-order chi connectivity index (χ1) is 8.19. The molecule has 94 valence electrons. The predicted octanol–water partition coefficient (Wildman–Crippen LogP) is 0.201. The largest absolute Gasteiger partial charge is 0.356 e. The van der Waals surface area contributed by atoms with Crippen LogP contribution >= 0.6 is 0 Å². The van der Waals surface area contributed by atoms with Crippen LogP contribution in [-0.2, 0) is 11.3 Å². The van der Waals surface area contributed by atoms with Gasteiger partial charge < -0.3 is 15.2 Å². The summed E-state index contributed by atoms with van der Waals surface area (Å²) in [4.78, 5) is 27.0. The molecule has 0 saturated carbocycles. The Morgan fingerprint density at radius 2 is 2.24 bits per heavy atom. The normalized spacial score (nSPS) is 10.0. The first-order valence-corrected chi connectivity index (χ1v) is 5.75. The molecule has 1 aromatic rings. The van der Waals surface area contributed by atoms with Crippen LogP contribution in [0, 0.1) is 0 Å². The lowest BCUT2D eigenvalue weighted by atomic mass is 10.4. The highest BCUT2D eigenvalue weighted by Crippen LogP contribution is 1.91. The number of aromatic nitrogens is 2. The molecule has 0 unspecified atom stereocenters. The van der Waals surface area contributed by atoms with Crippen molar-refractivity contribution in [1.29, 1.82) is 0 Å². The SMILES string of the molecule is CCCNC(=O)CNc1nccn(CC)c1=O. The number of nitrogens with zero attached hydrogens (tertiary/aromatic N) is 2. The van der Waals surface area contributed by atoms with E-state index >= 15 is 0 Å². The van der Waals surface area contributed by atoms with E-state index in [1.165, 1.54) is 10.8 Å². The highest BCUT2D eigenvalue weighted by atomic mass is 16.2. The molecule has 6 heteroatoms. The van der Waals surface area contributed by atoms with E-state index in [0.29, 0.717) is 13.1 Å². The Kier molecular flexibility index (Phi) is 5.19. The number of aryl methyl sites for hydroxylation is 1. The van der Waals surface area contributed by atoms with Crippen molar-refractivity contribution in [3.63, 3.8) is 0 Å². The molecule has 0 fully saturated rings. The Balaban J connectivity index is 2.58. The van der Waals surface area contributed by atoms with Gasteiger partial charge in [-0.05, 0) is 13.3 Å². The maximum atomic E-state index is 11.7. The van der Waals surface area contributed by atoms with Gasteiger partial charge in [0.05, 0.1) is 6.54 Å². The molecular formula is C11H18N4O2. The molecule has 0 atom stereocenters. The summed E-state index contributed by atoms with van der Waals surface area (Å²) in [5, 5.41) is 5.45. The zero-order valence-corrected chi connectivity index (χ0v) is 10.2. The zero-order valence-electron chi connectivity index (χ0n) is 10.2. The van der Waals surface area contributed by atoms with Gasteiger partial charge in [0, 0.05) is 25.5 Å². The van der Waals surface area contributed by atoms with Crippen LogP contribution in [0.25, 0.3) is 0 Å². The van der Waals surface area contributed by atoms with Gasteiger partial charge in [-0.3, -0.25) is 9.59 Å². The van der Waals surface area contributed by atoms with Crippen LogP contribution in [0.3, 0.4) is 0 Å². The topological polar surface area (TPSA) is 76.0 Å². The van der Waals surface area contributed by atoms with Gasteiger partial charge in [-0.2, -0.15) is 0 Å². The van der Waals surface area contributed by atoms with Gasteiger partial charge in [0.2, 0.25) is 5.91 Å². The smallest absolute Gasteiger partial charge is 0.293 e. The molecule has 1 heterocycles. The average Bonchev–Trinajstić information content (AvgIpc) is 2.35. The Labute approximate surface area is 100 Å². The van der Waals surface area contributed by atoms with Crippen molar-refractivity contribution in [1.82, 2.24) is 14.9 Å². The molecule has 0 bridgehead atoms. The lowest BCUT2D eigenvalue weighted by molar-refractivity contribution is -0.119. The van der Waals surface area contributed by atoms with Gasteiger partial charge in [0.15, 0.2) is 5.82 Å². The van der Waals surface area contributed by atoms with Crippen LogP contribution in [0.15, 0.2) is 17.2 Å². The van der Waals surface area contributed by atoms with E-state index in [1.807, 2.05) is 13.8 Å². The summed E-state index contributed by atoms with van der Waals surface area (Å²) in [7, 11) is 0. The highest BCUT2D eigenvalue weighted by Gasteiger charge is 2.05. The molecular weight excluding hydrogens is 220 g/mol. The third-order valence-corrected chi connectivity index (χ3v) is 2.24. The summed E-state index contributed by atoms with van der Waals surface area (Å²) in [6, 6.07) is 0. The number of anilines is 1. The molecule has 0 aliphatic carbocycles. The van der Waals surface area contributed by atoms with E-state index in [1.54, 1.807) is 6.20 Å². The molecule has 0 aliphatic heterocycles. The van der Waals surface area contributed by atoms with E-state index in [4.69, 9.17) is 0 Å².